The van der Waals surface area contributed by atoms with E-state index in [9.17, 15) is 14.7 Å². The van der Waals surface area contributed by atoms with Gasteiger partial charge in [-0.15, -0.1) is 10.2 Å². The van der Waals surface area contributed by atoms with Gasteiger partial charge in [0.1, 0.15) is 0 Å². The third-order valence-corrected chi connectivity index (χ3v) is 4.55. The number of carboxylic acid groups (broad SMARTS) is 1. The van der Waals surface area contributed by atoms with Gasteiger partial charge in [-0.25, -0.2) is 4.79 Å². The lowest BCUT2D eigenvalue weighted by Crippen LogP contribution is -2.31. The molecule has 0 aliphatic heterocycles. The van der Waals surface area contributed by atoms with Gasteiger partial charge in [0.2, 0.25) is 5.13 Å². The van der Waals surface area contributed by atoms with Gasteiger partial charge >= 0.3 is 6.03 Å². The van der Waals surface area contributed by atoms with Gasteiger partial charge in [-0.05, 0) is 26.0 Å². The topological polar surface area (TPSA) is 107 Å². The van der Waals surface area contributed by atoms with Gasteiger partial charge in [-0.3, -0.25) is 5.32 Å². The minimum absolute atomic E-state index is 0.289. The van der Waals surface area contributed by atoms with E-state index in [-0.39, 0.29) is 5.13 Å². The van der Waals surface area contributed by atoms with E-state index in [0.717, 1.165) is 28.7 Å². The quantitative estimate of drug-likeness (QED) is 0.635. The van der Waals surface area contributed by atoms with Crippen LogP contribution in [0.15, 0.2) is 28.6 Å². The van der Waals surface area contributed by atoms with E-state index < -0.39 is 17.3 Å². The zero-order valence-corrected chi connectivity index (χ0v) is 13.5. The molecule has 1 heterocycles. The van der Waals surface area contributed by atoms with Gasteiger partial charge in [0.05, 0.1) is 5.97 Å². The second-order valence-electron chi connectivity index (χ2n) is 4.40. The molecule has 1 atom stereocenters. The van der Waals surface area contributed by atoms with Crippen LogP contribution in [0.5, 0.6) is 0 Å². The van der Waals surface area contributed by atoms with Crippen LogP contribution < -0.4 is 15.7 Å². The molecule has 0 aliphatic carbocycles. The number of thioether (sulfide) groups is 1. The molecule has 2 aromatic rings. The van der Waals surface area contributed by atoms with Crippen molar-refractivity contribution in [2.75, 3.05) is 10.6 Å². The van der Waals surface area contributed by atoms with Crippen LogP contribution in [0.3, 0.4) is 0 Å². The fourth-order valence-corrected chi connectivity index (χ4v) is 3.22. The molecule has 0 radical (unpaired) electrons. The monoisotopic (exact) mass is 337 g/mol. The summed E-state index contributed by atoms with van der Waals surface area (Å²) in [6.07, 6.45) is 0. The summed E-state index contributed by atoms with van der Waals surface area (Å²) in [4.78, 5) is 22.5. The minimum Gasteiger partial charge on any atom is -0.549 e. The second kappa shape index (κ2) is 7.23. The highest BCUT2D eigenvalue weighted by Gasteiger charge is 2.12. The first kappa shape index (κ1) is 16.2. The average Bonchev–Trinajstić information content (AvgIpc) is 2.88. The highest BCUT2D eigenvalue weighted by atomic mass is 32.2. The van der Waals surface area contributed by atoms with E-state index in [1.807, 2.05) is 19.1 Å². The Morgan fingerprint density at radius 3 is 2.55 bits per heavy atom. The molecular weight excluding hydrogens is 324 g/mol. The molecule has 0 aliphatic rings. The number of carboxylic acids is 1. The number of nitrogens with zero attached hydrogens (tertiary/aromatic N) is 2. The molecule has 0 unspecified atom stereocenters. The maximum atomic E-state index is 11.8. The van der Waals surface area contributed by atoms with Crippen LogP contribution in [0.1, 0.15) is 12.5 Å². The maximum absolute atomic E-state index is 11.8. The van der Waals surface area contributed by atoms with E-state index in [4.69, 9.17) is 0 Å². The molecule has 22 heavy (non-hydrogen) atoms. The smallest absolute Gasteiger partial charge is 0.325 e. The molecule has 1 aromatic carbocycles. The molecule has 0 saturated heterocycles. The standard InChI is InChI=1S/C13H14N4O3S2/c1-7-3-5-9(6-4-7)14-11(20)15-12-16-17-13(22-12)21-8(2)10(18)19/h3-6,8H,1-2H3,(H,18,19)(H2,14,15,16,20)/p-1/t8-/m1/s1. The number of urea groups is 1. The first-order chi connectivity index (χ1) is 10.4. The maximum Gasteiger partial charge on any atom is 0.325 e. The summed E-state index contributed by atoms with van der Waals surface area (Å²) in [6.45, 7) is 3.45. The van der Waals surface area contributed by atoms with Crippen LogP contribution in [0.2, 0.25) is 0 Å². The summed E-state index contributed by atoms with van der Waals surface area (Å²) in [5.41, 5.74) is 1.76. The number of benzene rings is 1. The summed E-state index contributed by atoms with van der Waals surface area (Å²) in [7, 11) is 0. The largest absolute Gasteiger partial charge is 0.549 e. The zero-order valence-electron chi connectivity index (χ0n) is 11.8. The fraction of sp³-hybridized carbons (Fsp3) is 0.231. The van der Waals surface area contributed by atoms with Crippen LogP contribution in [-0.4, -0.2) is 27.4 Å². The normalized spacial score (nSPS) is 11.7. The number of amides is 2. The molecule has 0 fully saturated rings. The number of nitrogens with one attached hydrogen (secondary N) is 2. The number of hydrogen-bond donors (Lipinski definition) is 2. The Morgan fingerprint density at radius 1 is 1.23 bits per heavy atom. The fourth-order valence-electron chi connectivity index (χ4n) is 1.40. The van der Waals surface area contributed by atoms with Crippen molar-refractivity contribution >= 4 is 45.9 Å². The first-order valence-electron chi connectivity index (χ1n) is 6.30. The molecule has 116 valence electrons. The number of hydrogen-bond acceptors (Lipinski definition) is 7. The Hall–Kier alpha value is -2.13. The van der Waals surface area contributed by atoms with E-state index in [1.165, 1.54) is 6.92 Å². The van der Waals surface area contributed by atoms with E-state index in [2.05, 4.69) is 20.8 Å². The van der Waals surface area contributed by atoms with E-state index in [0.29, 0.717) is 10.0 Å². The Kier molecular flexibility index (Phi) is 5.34. The van der Waals surface area contributed by atoms with Crippen molar-refractivity contribution in [1.82, 2.24) is 10.2 Å². The van der Waals surface area contributed by atoms with Crippen molar-refractivity contribution in [3.63, 3.8) is 0 Å². The molecule has 1 aromatic heterocycles. The van der Waals surface area contributed by atoms with Crippen LogP contribution in [0, 0.1) is 6.92 Å². The van der Waals surface area contributed by atoms with Crippen LogP contribution in [-0.2, 0) is 4.79 Å². The third-order valence-electron chi connectivity index (χ3n) is 2.55. The first-order valence-corrected chi connectivity index (χ1v) is 7.99. The number of aliphatic carboxylic acids is 1. The van der Waals surface area contributed by atoms with Crippen molar-refractivity contribution < 1.29 is 14.7 Å². The van der Waals surface area contributed by atoms with Crippen LogP contribution in [0.4, 0.5) is 15.6 Å². The molecule has 0 bridgehead atoms. The van der Waals surface area contributed by atoms with Crippen molar-refractivity contribution in [3.8, 4) is 0 Å². The molecule has 0 spiro atoms. The van der Waals surface area contributed by atoms with Crippen molar-refractivity contribution in [1.29, 1.82) is 0 Å². The second-order valence-corrected chi connectivity index (χ2v) is 6.96. The molecule has 7 nitrogen and oxygen atoms in total. The number of carbonyl (C=O) groups excluding carboxylic acids is 2. The molecule has 2 rings (SSSR count). The highest BCUT2D eigenvalue weighted by Crippen LogP contribution is 2.28. The number of carbonyl (C=O) groups is 2. The van der Waals surface area contributed by atoms with Gasteiger partial charge in [0.25, 0.3) is 0 Å². The number of anilines is 2. The van der Waals surface area contributed by atoms with Gasteiger partial charge in [0, 0.05) is 10.9 Å². The van der Waals surface area contributed by atoms with Crippen molar-refractivity contribution in [2.45, 2.75) is 23.4 Å². The summed E-state index contributed by atoms with van der Waals surface area (Å²) >= 11 is 2.11. The zero-order chi connectivity index (χ0) is 16.1. The number of rotatable bonds is 5. The molecule has 9 heteroatoms. The van der Waals surface area contributed by atoms with E-state index >= 15 is 0 Å². The predicted octanol–water partition coefficient (Wildman–Crippen LogP) is 1.72. The highest BCUT2D eigenvalue weighted by molar-refractivity contribution is 8.02. The lowest BCUT2D eigenvalue weighted by atomic mass is 10.2. The predicted molar refractivity (Wildman–Crippen MR) is 84.1 cm³/mol. The third kappa shape index (κ3) is 4.71. The lowest BCUT2D eigenvalue weighted by molar-refractivity contribution is -0.304. The SMILES string of the molecule is Cc1ccc(NC(=O)Nc2nnc(S[C@H](C)C(=O)[O-])s2)cc1. The summed E-state index contributed by atoms with van der Waals surface area (Å²) in [6, 6.07) is 6.91. The van der Waals surface area contributed by atoms with Gasteiger partial charge in [0.15, 0.2) is 4.34 Å². The minimum atomic E-state index is -1.17. The number of aromatic nitrogens is 2. The van der Waals surface area contributed by atoms with Gasteiger partial charge in [-0.2, -0.15) is 0 Å². The Morgan fingerprint density at radius 2 is 1.91 bits per heavy atom. The summed E-state index contributed by atoms with van der Waals surface area (Å²) < 4.78 is 0.447. The van der Waals surface area contributed by atoms with Crippen LogP contribution >= 0.6 is 23.1 Å². The van der Waals surface area contributed by atoms with Crippen LogP contribution in [0.25, 0.3) is 0 Å². The Balaban J connectivity index is 1.90. The van der Waals surface area contributed by atoms with Gasteiger partial charge in [-0.1, -0.05) is 40.8 Å². The van der Waals surface area contributed by atoms with E-state index in [1.54, 1.807) is 12.1 Å². The number of aryl methyl sites for hydroxylation is 1. The average molecular weight is 337 g/mol. The molecule has 0 saturated carbocycles. The Labute approximate surface area is 135 Å². The van der Waals surface area contributed by atoms with Gasteiger partial charge < -0.3 is 15.2 Å². The van der Waals surface area contributed by atoms with Crippen molar-refractivity contribution in [3.05, 3.63) is 29.8 Å². The molecule has 2 N–H and O–H groups in total. The lowest BCUT2D eigenvalue weighted by Gasteiger charge is -2.08. The Bertz CT molecular complexity index is 672. The molecular formula is C13H13N4O3S2-. The summed E-state index contributed by atoms with van der Waals surface area (Å²) in [5.74, 6) is -1.17. The molecule has 2 amide bonds. The van der Waals surface area contributed by atoms with Crippen molar-refractivity contribution in [2.24, 2.45) is 0 Å². The summed E-state index contributed by atoms with van der Waals surface area (Å²) in [5, 5.41) is 23.0.